The van der Waals surface area contributed by atoms with Crippen molar-refractivity contribution < 1.29 is 13.2 Å². The van der Waals surface area contributed by atoms with Crippen molar-refractivity contribution >= 4 is 21.4 Å². The minimum absolute atomic E-state index is 0.215. The van der Waals surface area contributed by atoms with Gasteiger partial charge >= 0.3 is 0 Å². The number of nitrogens with one attached hydrogen (secondary N) is 2. The normalized spacial score (nSPS) is 11.0. The Kier molecular flexibility index (Phi) is 4.70. The van der Waals surface area contributed by atoms with Crippen molar-refractivity contribution in [3.8, 4) is 5.75 Å². The molecule has 5 nitrogen and oxygen atoms in total. The molecule has 0 heterocycles. The van der Waals surface area contributed by atoms with Gasteiger partial charge in [-0.3, -0.25) is 4.72 Å². The highest BCUT2D eigenvalue weighted by Gasteiger charge is 2.14. The van der Waals surface area contributed by atoms with Crippen LogP contribution >= 0.6 is 0 Å². The largest absolute Gasteiger partial charge is 0.497 e. The Labute approximate surface area is 125 Å². The van der Waals surface area contributed by atoms with Crippen LogP contribution < -0.4 is 14.8 Å². The highest BCUT2D eigenvalue weighted by Crippen LogP contribution is 2.21. The number of hydrogen-bond acceptors (Lipinski definition) is 4. The number of benzene rings is 2. The van der Waals surface area contributed by atoms with Crippen molar-refractivity contribution in [2.75, 3.05) is 23.7 Å². The van der Waals surface area contributed by atoms with Crippen molar-refractivity contribution in [3.05, 3.63) is 48.5 Å². The third-order valence-corrected chi connectivity index (χ3v) is 4.26. The standard InChI is InChI=1S/C15H18N2O3S/c1-3-16-12-7-9-15(10-8-12)21(18,19)17-13-5-4-6-14(11-13)20-2/h4-11,16-17H,3H2,1-2H3. The summed E-state index contributed by atoms with van der Waals surface area (Å²) in [4.78, 5) is 0.215. The van der Waals surface area contributed by atoms with Gasteiger partial charge in [0.2, 0.25) is 0 Å². The molecular weight excluding hydrogens is 288 g/mol. The monoisotopic (exact) mass is 306 g/mol. The molecule has 0 saturated carbocycles. The zero-order valence-electron chi connectivity index (χ0n) is 12.0. The van der Waals surface area contributed by atoms with Crippen LogP contribution in [0.1, 0.15) is 6.92 Å². The zero-order chi connectivity index (χ0) is 15.3. The van der Waals surface area contributed by atoms with Gasteiger partial charge in [-0.2, -0.15) is 0 Å². The van der Waals surface area contributed by atoms with E-state index in [1.807, 2.05) is 6.92 Å². The number of ether oxygens (including phenoxy) is 1. The maximum Gasteiger partial charge on any atom is 0.261 e. The van der Waals surface area contributed by atoms with E-state index in [0.29, 0.717) is 11.4 Å². The van der Waals surface area contributed by atoms with Crippen molar-refractivity contribution in [2.24, 2.45) is 0 Å². The number of hydrogen-bond donors (Lipinski definition) is 2. The molecule has 112 valence electrons. The SMILES string of the molecule is CCNc1ccc(S(=O)(=O)Nc2cccc(OC)c2)cc1. The van der Waals surface area contributed by atoms with Crippen LogP contribution in [-0.2, 0) is 10.0 Å². The number of anilines is 2. The van der Waals surface area contributed by atoms with Crippen LogP contribution in [0.3, 0.4) is 0 Å². The fourth-order valence-electron chi connectivity index (χ4n) is 1.86. The average Bonchev–Trinajstić information content (AvgIpc) is 2.48. The fraction of sp³-hybridized carbons (Fsp3) is 0.200. The molecule has 21 heavy (non-hydrogen) atoms. The van der Waals surface area contributed by atoms with Gasteiger partial charge in [0.15, 0.2) is 0 Å². The molecule has 0 aliphatic heterocycles. The maximum absolute atomic E-state index is 12.3. The predicted molar refractivity (Wildman–Crippen MR) is 84.4 cm³/mol. The van der Waals surface area contributed by atoms with E-state index in [2.05, 4.69) is 10.0 Å². The van der Waals surface area contributed by atoms with E-state index in [9.17, 15) is 8.42 Å². The van der Waals surface area contributed by atoms with Crippen molar-refractivity contribution in [3.63, 3.8) is 0 Å². The second-order valence-corrected chi connectivity index (χ2v) is 6.07. The lowest BCUT2D eigenvalue weighted by molar-refractivity contribution is 0.415. The lowest BCUT2D eigenvalue weighted by Crippen LogP contribution is -2.13. The third-order valence-electron chi connectivity index (χ3n) is 2.87. The Morgan fingerprint density at radius 3 is 2.38 bits per heavy atom. The Bertz CT molecular complexity index is 697. The summed E-state index contributed by atoms with van der Waals surface area (Å²) in [5.74, 6) is 0.595. The van der Waals surface area contributed by atoms with E-state index in [1.165, 1.54) is 7.11 Å². The van der Waals surface area contributed by atoms with Crippen molar-refractivity contribution in [1.29, 1.82) is 0 Å². The summed E-state index contributed by atoms with van der Waals surface area (Å²) in [5, 5.41) is 3.12. The summed E-state index contributed by atoms with van der Waals surface area (Å²) < 4.78 is 32.2. The molecule has 2 aromatic rings. The molecule has 0 atom stereocenters. The Balaban J connectivity index is 2.21. The van der Waals surface area contributed by atoms with Gasteiger partial charge in [0.25, 0.3) is 10.0 Å². The second-order valence-electron chi connectivity index (χ2n) is 4.39. The number of rotatable bonds is 6. The fourth-order valence-corrected chi connectivity index (χ4v) is 2.91. The Morgan fingerprint density at radius 1 is 1.05 bits per heavy atom. The summed E-state index contributed by atoms with van der Waals surface area (Å²) >= 11 is 0. The van der Waals surface area contributed by atoms with E-state index < -0.39 is 10.0 Å². The Hall–Kier alpha value is -2.21. The minimum atomic E-state index is -3.60. The predicted octanol–water partition coefficient (Wildman–Crippen LogP) is 2.93. The molecular formula is C15H18N2O3S. The lowest BCUT2D eigenvalue weighted by Gasteiger charge is -2.10. The molecule has 0 unspecified atom stereocenters. The van der Waals surface area contributed by atoms with Gasteiger partial charge in [-0.1, -0.05) is 6.07 Å². The molecule has 0 aromatic heterocycles. The van der Waals surface area contributed by atoms with Crippen LogP contribution in [0.25, 0.3) is 0 Å². The van der Waals surface area contributed by atoms with Gasteiger partial charge < -0.3 is 10.1 Å². The summed E-state index contributed by atoms with van der Waals surface area (Å²) in [5.41, 5.74) is 1.35. The van der Waals surface area contributed by atoms with Crippen LogP contribution in [-0.4, -0.2) is 22.1 Å². The second kappa shape index (κ2) is 6.49. The lowest BCUT2D eigenvalue weighted by atomic mass is 10.3. The van der Waals surface area contributed by atoms with Crippen molar-refractivity contribution in [2.45, 2.75) is 11.8 Å². The van der Waals surface area contributed by atoms with Gasteiger partial charge in [0.05, 0.1) is 17.7 Å². The van der Waals surface area contributed by atoms with E-state index >= 15 is 0 Å². The van der Waals surface area contributed by atoms with Gasteiger partial charge in [0.1, 0.15) is 5.75 Å². The molecule has 2 aromatic carbocycles. The molecule has 0 saturated heterocycles. The van der Waals surface area contributed by atoms with Crippen LogP contribution in [0.15, 0.2) is 53.4 Å². The van der Waals surface area contributed by atoms with E-state index in [-0.39, 0.29) is 4.90 Å². The van der Waals surface area contributed by atoms with E-state index in [0.717, 1.165) is 12.2 Å². The van der Waals surface area contributed by atoms with E-state index in [4.69, 9.17) is 4.74 Å². The molecule has 0 fully saturated rings. The first-order valence-electron chi connectivity index (χ1n) is 6.56. The summed E-state index contributed by atoms with van der Waals surface area (Å²) in [6, 6.07) is 13.4. The molecule has 2 rings (SSSR count). The minimum Gasteiger partial charge on any atom is -0.497 e. The number of sulfonamides is 1. The van der Waals surface area contributed by atoms with Gasteiger partial charge in [-0.05, 0) is 43.3 Å². The maximum atomic E-state index is 12.3. The van der Waals surface area contributed by atoms with E-state index in [1.54, 1.807) is 48.5 Å². The molecule has 0 aliphatic rings. The molecule has 0 spiro atoms. The number of methoxy groups -OCH3 is 1. The highest BCUT2D eigenvalue weighted by molar-refractivity contribution is 7.92. The average molecular weight is 306 g/mol. The van der Waals surface area contributed by atoms with Gasteiger partial charge in [0, 0.05) is 18.3 Å². The Morgan fingerprint density at radius 2 is 1.76 bits per heavy atom. The zero-order valence-corrected chi connectivity index (χ0v) is 12.8. The first-order valence-corrected chi connectivity index (χ1v) is 8.04. The molecule has 6 heteroatoms. The van der Waals surface area contributed by atoms with Crippen LogP contribution in [0.2, 0.25) is 0 Å². The van der Waals surface area contributed by atoms with Crippen LogP contribution in [0, 0.1) is 0 Å². The summed E-state index contributed by atoms with van der Waals surface area (Å²) in [6.45, 7) is 2.77. The first-order chi connectivity index (χ1) is 10.0. The smallest absolute Gasteiger partial charge is 0.261 e. The first kappa shape index (κ1) is 15.2. The quantitative estimate of drug-likeness (QED) is 0.861. The summed E-state index contributed by atoms with van der Waals surface area (Å²) in [6.07, 6.45) is 0. The molecule has 0 bridgehead atoms. The van der Waals surface area contributed by atoms with Gasteiger partial charge in [-0.15, -0.1) is 0 Å². The molecule has 2 N–H and O–H groups in total. The molecule has 0 radical (unpaired) electrons. The molecule has 0 aliphatic carbocycles. The summed E-state index contributed by atoms with van der Waals surface area (Å²) in [7, 11) is -2.07. The van der Waals surface area contributed by atoms with Crippen LogP contribution in [0.4, 0.5) is 11.4 Å². The third kappa shape index (κ3) is 3.88. The molecule has 0 amide bonds. The highest BCUT2D eigenvalue weighted by atomic mass is 32.2. The topological polar surface area (TPSA) is 67.4 Å². The van der Waals surface area contributed by atoms with Gasteiger partial charge in [-0.25, -0.2) is 8.42 Å². The van der Waals surface area contributed by atoms with Crippen LogP contribution in [0.5, 0.6) is 5.75 Å². The van der Waals surface area contributed by atoms with Crippen molar-refractivity contribution in [1.82, 2.24) is 0 Å².